The first-order valence-corrected chi connectivity index (χ1v) is 5.67. The van der Waals surface area contributed by atoms with Gasteiger partial charge in [0.25, 0.3) is 0 Å². The van der Waals surface area contributed by atoms with E-state index in [1.807, 2.05) is 39.1 Å². The molecule has 0 unspecified atom stereocenters. The molecule has 0 bridgehead atoms. The van der Waals surface area contributed by atoms with Crippen molar-refractivity contribution >= 4 is 15.9 Å². The SMILES string of the molecule is Cc1cc(Oc2ccc(Br)c(C)n2)n(C)n1. The lowest BCUT2D eigenvalue weighted by molar-refractivity contribution is 0.414. The third-order valence-electron chi connectivity index (χ3n) is 2.16. The molecule has 0 aliphatic rings. The number of halogens is 1. The lowest BCUT2D eigenvalue weighted by Gasteiger charge is -2.05. The molecule has 0 aliphatic heterocycles. The molecule has 0 amide bonds. The van der Waals surface area contributed by atoms with E-state index in [1.165, 1.54) is 0 Å². The Bertz CT molecular complexity index is 522. The Morgan fingerprint density at radius 1 is 1.31 bits per heavy atom. The molecule has 5 heteroatoms. The Kier molecular flexibility index (Phi) is 2.96. The van der Waals surface area contributed by atoms with Gasteiger partial charge in [-0.15, -0.1) is 0 Å². The second-order valence-electron chi connectivity index (χ2n) is 3.57. The van der Waals surface area contributed by atoms with Gasteiger partial charge in [0.15, 0.2) is 0 Å². The van der Waals surface area contributed by atoms with E-state index in [0.717, 1.165) is 15.9 Å². The van der Waals surface area contributed by atoms with Gasteiger partial charge in [-0.2, -0.15) is 5.10 Å². The number of ether oxygens (including phenoxy) is 1. The molecule has 0 saturated carbocycles. The third kappa shape index (κ3) is 2.24. The Balaban J connectivity index is 2.27. The van der Waals surface area contributed by atoms with Gasteiger partial charge in [-0.3, -0.25) is 0 Å². The minimum absolute atomic E-state index is 0.573. The van der Waals surface area contributed by atoms with E-state index in [0.29, 0.717) is 11.8 Å². The fourth-order valence-electron chi connectivity index (χ4n) is 1.37. The average Bonchev–Trinajstić information content (AvgIpc) is 2.51. The first kappa shape index (κ1) is 11.1. The molecule has 0 aromatic carbocycles. The summed E-state index contributed by atoms with van der Waals surface area (Å²) in [5.41, 5.74) is 1.82. The summed E-state index contributed by atoms with van der Waals surface area (Å²) in [5.74, 6) is 1.26. The number of hydrogen-bond acceptors (Lipinski definition) is 3. The molecule has 2 heterocycles. The first-order valence-electron chi connectivity index (χ1n) is 4.88. The van der Waals surface area contributed by atoms with Crippen LogP contribution in [-0.4, -0.2) is 14.8 Å². The Hall–Kier alpha value is -1.36. The molecule has 2 aromatic rings. The standard InChI is InChI=1S/C11H12BrN3O/c1-7-6-11(15(3)14-7)16-10-5-4-9(12)8(2)13-10/h4-6H,1-3H3. The maximum absolute atomic E-state index is 5.63. The number of pyridine rings is 1. The Labute approximate surface area is 102 Å². The van der Waals surface area contributed by atoms with Gasteiger partial charge in [0.05, 0.1) is 11.4 Å². The van der Waals surface area contributed by atoms with E-state index in [1.54, 1.807) is 4.68 Å². The zero-order valence-electron chi connectivity index (χ0n) is 9.36. The van der Waals surface area contributed by atoms with Crippen molar-refractivity contribution in [3.63, 3.8) is 0 Å². The number of rotatable bonds is 2. The summed E-state index contributed by atoms with van der Waals surface area (Å²) in [6, 6.07) is 5.61. The van der Waals surface area contributed by atoms with E-state index in [2.05, 4.69) is 26.0 Å². The smallest absolute Gasteiger partial charge is 0.221 e. The normalized spacial score (nSPS) is 10.5. The molecule has 84 valence electrons. The van der Waals surface area contributed by atoms with Crippen molar-refractivity contribution in [1.29, 1.82) is 0 Å². The highest BCUT2D eigenvalue weighted by molar-refractivity contribution is 9.10. The fraction of sp³-hybridized carbons (Fsp3) is 0.273. The van der Waals surface area contributed by atoms with Crippen molar-refractivity contribution in [1.82, 2.24) is 14.8 Å². The molecule has 0 saturated heterocycles. The third-order valence-corrected chi connectivity index (χ3v) is 3.00. The number of aromatic nitrogens is 3. The van der Waals surface area contributed by atoms with Crippen LogP contribution < -0.4 is 4.74 Å². The van der Waals surface area contributed by atoms with Crippen molar-refractivity contribution in [2.45, 2.75) is 13.8 Å². The van der Waals surface area contributed by atoms with E-state index >= 15 is 0 Å². The van der Waals surface area contributed by atoms with E-state index in [-0.39, 0.29) is 0 Å². The van der Waals surface area contributed by atoms with E-state index < -0.39 is 0 Å². The minimum Gasteiger partial charge on any atom is -0.421 e. The van der Waals surface area contributed by atoms with E-state index in [9.17, 15) is 0 Å². The zero-order valence-corrected chi connectivity index (χ0v) is 10.9. The van der Waals surface area contributed by atoms with Crippen LogP contribution in [0.25, 0.3) is 0 Å². The molecule has 0 atom stereocenters. The number of aryl methyl sites for hydroxylation is 3. The molecule has 16 heavy (non-hydrogen) atoms. The highest BCUT2D eigenvalue weighted by Crippen LogP contribution is 2.22. The zero-order chi connectivity index (χ0) is 11.7. The van der Waals surface area contributed by atoms with Crippen LogP contribution >= 0.6 is 15.9 Å². The molecule has 0 radical (unpaired) electrons. The summed E-state index contributed by atoms with van der Waals surface area (Å²) in [4.78, 5) is 4.31. The van der Waals surface area contributed by atoms with Crippen LogP contribution in [0.3, 0.4) is 0 Å². The van der Waals surface area contributed by atoms with Gasteiger partial charge in [-0.1, -0.05) is 0 Å². The summed E-state index contributed by atoms with van der Waals surface area (Å²) >= 11 is 3.40. The lowest BCUT2D eigenvalue weighted by Crippen LogP contribution is -1.97. The molecule has 0 N–H and O–H groups in total. The van der Waals surface area contributed by atoms with Crippen LogP contribution in [0.4, 0.5) is 0 Å². The summed E-state index contributed by atoms with van der Waals surface area (Å²) in [6.07, 6.45) is 0. The van der Waals surface area contributed by atoms with Gasteiger partial charge < -0.3 is 4.74 Å². The van der Waals surface area contributed by atoms with Crippen LogP contribution in [0.15, 0.2) is 22.7 Å². The molecule has 0 aliphatic carbocycles. The van der Waals surface area contributed by atoms with Gasteiger partial charge in [-0.05, 0) is 35.8 Å². The van der Waals surface area contributed by atoms with Gasteiger partial charge in [0.1, 0.15) is 0 Å². The summed E-state index contributed by atoms with van der Waals surface area (Å²) < 4.78 is 8.30. The molecular weight excluding hydrogens is 270 g/mol. The van der Waals surface area contributed by atoms with Gasteiger partial charge in [0, 0.05) is 23.7 Å². The average molecular weight is 282 g/mol. The van der Waals surface area contributed by atoms with Gasteiger partial charge in [0.2, 0.25) is 11.8 Å². The van der Waals surface area contributed by atoms with Crippen LogP contribution in [0.1, 0.15) is 11.4 Å². The maximum atomic E-state index is 5.63. The highest BCUT2D eigenvalue weighted by Gasteiger charge is 2.06. The number of nitrogens with zero attached hydrogens (tertiary/aromatic N) is 3. The predicted molar refractivity (Wildman–Crippen MR) is 64.7 cm³/mol. The summed E-state index contributed by atoms with van der Waals surface area (Å²) in [7, 11) is 1.84. The highest BCUT2D eigenvalue weighted by atomic mass is 79.9. The second-order valence-corrected chi connectivity index (χ2v) is 4.42. The van der Waals surface area contributed by atoms with Crippen LogP contribution in [0.5, 0.6) is 11.8 Å². The van der Waals surface area contributed by atoms with E-state index in [4.69, 9.17) is 4.74 Å². The molecule has 0 spiro atoms. The first-order chi connectivity index (χ1) is 7.56. The van der Waals surface area contributed by atoms with Crippen molar-refractivity contribution in [3.8, 4) is 11.8 Å². The number of hydrogen-bond donors (Lipinski definition) is 0. The Morgan fingerprint density at radius 2 is 2.06 bits per heavy atom. The molecule has 0 fully saturated rings. The van der Waals surface area contributed by atoms with Crippen LogP contribution in [-0.2, 0) is 7.05 Å². The maximum Gasteiger partial charge on any atom is 0.221 e. The van der Waals surface area contributed by atoms with Crippen molar-refractivity contribution in [3.05, 3.63) is 34.1 Å². The van der Waals surface area contributed by atoms with Crippen LogP contribution in [0.2, 0.25) is 0 Å². The monoisotopic (exact) mass is 281 g/mol. The van der Waals surface area contributed by atoms with Gasteiger partial charge in [-0.25, -0.2) is 9.67 Å². The molecular formula is C11H12BrN3O. The second kappa shape index (κ2) is 4.25. The minimum atomic E-state index is 0.573. The quantitative estimate of drug-likeness (QED) is 0.850. The molecule has 2 aromatic heterocycles. The largest absolute Gasteiger partial charge is 0.421 e. The van der Waals surface area contributed by atoms with Crippen molar-refractivity contribution < 1.29 is 4.74 Å². The van der Waals surface area contributed by atoms with Crippen molar-refractivity contribution in [2.75, 3.05) is 0 Å². The van der Waals surface area contributed by atoms with Crippen molar-refractivity contribution in [2.24, 2.45) is 7.05 Å². The lowest BCUT2D eigenvalue weighted by atomic mass is 10.4. The fourth-order valence-corrected chi connectivity index (χ4v) is 1.59. The predicted octanol–water partition coefficient (Wildman–Crippen LogP) is 2.99. The van der Waals surface area contributed by atoms with Crippen LogP contribution in [0, 0.1) is 13.8 Å². The molecule has 2 rings (SSSR count). The topological polar surface area (TPSA) is 39.9 Å². The molecule has 4 nitrogen and oxygen atoms in total. The summed E-state index contributed by atoms with van der Waals surface area (Å²) in [6.45, 7) is 3.85. The summed E-state index contributed by atoms with van der Waals surface area (Å²) in [5, 5.41) is 4.20. The van der Waals surface area contributed by atoms with Gasteiger partial charge >= 0.3 is 0 Å². The Morgan fingerprint density at radius 3 is 2.62 bits per heavy atom.